The van der Waals surface area contributed by atoms with Gasteiger partial charge in [0.05, 0.1) is 12.2 Å². The van der Waals surface area contributed by atoms with Crippen LogP contribution in [0.5, 0.6) is 5.75 Å². The first-order valence-corrected chi connectivity index (χ1v) is 10.8. The Kier molecular flexibility index (Phi) is 7.29. The monoisotopic (exact) mass is 428 g/mol. The molecule has 0 atom stereocenters. The third kappa shape index (κ3) is 6.31. The van der Waals surface area contributed by atoms with E-state index in [9.17, 15) is 4.79 Å². The largest absolute Gasteiger partial charge is 0.486 e. The van der Waals surface area contributed by atoms with Crippen LogP contribution < -0.4 is 4.74 Å². The van der Waals surface area contributed by atoms with Crippen LogP contribution in [0.2, 0.25) is 5.02 Å². The van der Waals surface area contributed by atoms with Gasteiger partial charge in [-0.05, 0) is 49.2 Å². The first-order chi connectivity index (χ1) is 13.9. The molecule has 6 heteroatoms. The van der Waals surface area contributed by atoms with Gasteiger partial charge in [0, 0.05) is 22.5 Å². The number of amides is 1. The number of nitrogens with zero attached hydrogens (tertiary/aromatic N) is 2. The van der Waals surface area contributed by atoms with Crippen molar-refractivity contribution in [2.24, 2.45) is 5.92 Å². The van der Waals surface area contributed by atoms with E-state index < -0.39 is 0 Å². The minimum absolute atomic E-state index is 0.0330. The Labute approximate surface area is 181 Å². The summed E-state index contributed by atoms with van der Waals surface area (Å²) >= 11 is 7.44. The van der Waals surface area contributed by atoms with E-state index in [2.05, 4.69) is 18.8 Å². The molecule has 1 heterocycles. The smallest absolute Gasteiger partial charge is 0.254 e. The molecule has 152 valence electrons. The molecule has 0 aliphatic heterocycles. The minimum Gasteiger partial charge on any atom is -0.486 e. The number of halogens is 1. The van der Waals surface area contributed by atoms with Gasteiger partial charge in [-0.1, -0.05) is 43.1 Å². The van der Waals surface area contributed by atoms with Crippen molar-refractivity contribution in [2.75, 3.05) is 6.54 Å². The predicted molar refractivity (Wildman–Crippen MR) is 119 cm³/mol. The molecule has 0 radical (unpaired) electrons. The zero-order chi connectivity index (χ0) is 20.8. The summed E-state index contributed by atoms with van der Waals surface area (Å²) in [6.07, 6.45) is 0. The van der Waals surface area contributed by atoms with Crippen LogP contribution >= 0.6 is 22.9 Å². The second-order valence-corrected chi connectivity index (χ2v) is 8.80. The molecule has 0 aliphatic carbocycles. The second kappa shape index (κ2) is 9.90. The average molecular weight is 429 g/mol. The quantitative estimate of drug-likeness (QED) is 0.443. The molecular weight excluding hydrogens is 404 g/mol. The molecule has 0 N–H and O–H groups in total. The van der Waals surface area contributed by atoms with Gasteiger partial charge in [0.25, 0.3) is 5.91 Å². The maximum Gasteiger partial charge on any atom is 0.254 e. The van der Waals surface area contributed by atoms with Crippen LogP contribution in [0.3, 0.4) is 0 Å². The van der Waals surface area contributed by atoms with E-state index >= 15 is 0 Å². The number of carbonyl (C=O) groups excluding carboxylic acids is 1. The molecular formula is C23H25ClN2O2S. The molecule has 0 spiro atoms. The molecule has 1 aromatic heterocycles. The Balaban J connectivity index is 1.65. The van der Waals surface area contributed by atoms with Gasteiger partial charge in [-0.15, -0.1) is 11.3 Å². The molecule has 3 rings (SSSR count). The fourth-order valence-corrected chi connectivity index (χ4v) is 3.72. The van der Waals surface area contributed by atoms with Crippen molar-refractivity contribution in [3.05, 3.63) is 80.8 Å². The predicted octanol–water partition coefficient (Wildman–Crippen LogP) is 5.98. The Bertz CT molecular complexity index is 936. The van der Waals surface area contributed by atoms with Crippen molar-refractivity contribution in [2.45, 2.75) is 33.9 Å². The van der Waals surface area contributed by atoms with Crippen molar-refractivity contribution in [3.8, 4) is 5.75 Å². The number of benzene rings is 2. The highest BCUT2D eigenvalue weighted by molar-refractivity contribution is 7.09. The van der Waals surface area contributed by atoms with Crippen molar-refractivity contribution in [1.82, 2.24) is 9.88 Å². The minimum atomic E-state index is 0.0330. The summed E-state index contributed by atoms with van der Waals surface area (Å²) in [5.41, 5.74) is 2.73. The third-order valence-corrected chi connectivity index (χ3v) is 5.42. The normalized spacial score (nSPS) is 10.9. The van der Waals surface area contributed by atoms with Crippen LogP contribution in [0.4, 0.5) is 0 Å². The maximum atomic E-state index is 13.0. The van der Waals surface area contributed by atoms with Gasteiger partial charge in [-0.25, -0.2) is 4.98 Å². The van der Waals surface area contributed by atoms with Gasteiger partial charge in [0.15, 0.2) is 0 Å². The molecule has 4 nitrogen and oxygen atoms in total. The Morgan fingerprint density at radius 1 is 1.14 bits per heavy atom. The SMILES string of the molecule is Cc1ccc(C(=O)N(Cc2csc(COc3ccc(Cl)cc3)n2)CC(C)C)cc1. The number of thiazole rings is 1. The summed E-state index contributed by atoms with van der Waals surface area (Å²) in [6, 6.07) is 15.0. The zero-order valence-electron chi connectivity index (χ0n) is 16.9. The van der Waals surface area contributed by atoms with E-state index in [1.165, 1.54) is 0 Å². The van der Waals surface area contributed by atoms with Crippen LogP contribution in [0, 0.1) is 12.8 Å². The van der Waals surface area contributed by atoms with E-state index in [-0.39, 0.29) is 5.91 Å². The summed E-state index contributed by atoms with van der Waals surface area (Å²) < 4.78 is 5.77. The highest BCUT2D eigenvalue weighted by atomic mass is 35.5. The molecule has 0 saturated heterocycles. The van der Waals surface area contributed by atoms with E-state index in [1.807, 2.05) is 53.6 Å². The van der Waals surface area contributed by atoms with E-state index in [0.717, 1.165) is 22.0 Å². The standard InChI is InChI=1S/C23H25ClN2O2S/c1-16(2)12-26(23(27)18-6-4-17(3)5-7-18)13-20-15-29-22(25-20)14-28-21-10-8-19(24)9-11-21/h4-11,15-16H,12-14H2,1-3H3. The lowest BCUT2D eigenvalue weighted by Gasteiger charge is -2.24. The number of carbonyl (C=O) groups is 1. The highest BCUT2D eigenvalue weighted by Gasteiger charge is 2.18. The van der Waals surface area contributed by atoms with E-state index in [1.54, 1.807) is 23.5 Å². The van der Waals surface area contributed by atoms with Crippen molar-refractivity contribution >= 4 is 28.8 Å². The second-order valence-electron chi connectivity index (χ2n) is 7.42. The molecule has 0 fully saturated rings. The molecule has 2 aromatic carbocycles. The van der Waals surface area contributed by atoms with Crippen LogP contribution in [0.25, 0.3) is 0 Å². The highest BCUT2D eigenvalue weighted by Crippen LogP contribution is 2.19. The Hall–Kier alpha value is -2.37. The van der Waals surface area contributed by atoms with Gasteiger partial charge in [0.2, 0.25) is 0 Å². The summed E-state index contributed by atoms with van der Waals surface area (Å²) in [5, 5.41) is 3.55. The summed E-state index contributed by atoms with van der Waals surface area (Å²) in [7, 11) is 0. The third-order valence-electron chi connectivity index (χ3n) is 4.30. The molecule has 1 amide bonds. The number of hydrogen-bond acceptors (Lipinski definition) is 4. The Morgan fingerprint density at radius 3 is 2.48 bits per heavy atom. The first kappa shape index (κ1) is 21.3. The lowest BCUT2D eigenvalue weighted by atomic mass is 10.1. The fourth-order valence-electron chi connectivity index (χ4n) is 2.90. The molecule has 0 unspecified atom stereocenters. The zero-order valence-corrected chi connectivity index (χ0v) is 18.5. The maximum absolute atomic E-state index is 13.0. The molecule has 0 aliphatic rings. The molecule has 3 aromatic rings. The van der Waals surface area contributed by atoms with Crippen LogP contribution in [-0.2, 0) is 13.2 Å². The molecule has 0 bridgehead atoms. The van der Waals surface area contributed by atoms with Gasteiger partial charge in [0.1, 0.15) is 17.4 Å². The summed E-state index contributed by atoms with van der Waals surface area (Å²) in [5.74, 6) is 1.16. The van der Waals surface area contributed by atoms with E-state index in [0.29, 0.717) is 36.2 Å². The molecule has 29 heavy (non-hydrogen) atoms. The Morgan fingerprint density at radius 2 is 1.83 bits per heavy atom. The lowest BCUT2D eigenvalue weighted by Crippen LogP contribution is -2.33. The van der Waals surface area contributed by atoms with E-state index in [4.69, 9.17) is 16.3 Å². The van der Waals surface area contributed by atoms with Gasteiger partial charge in [-0.2, -0.15) is 0 Å². The molecule has 0 saturated carbocycles. The fraction of sp³-hybridized carbons (Fsp3) is 0.304. The number of ether oxygens (including phenoxy) is 1. The van der Waals surface area contributed by atoms with Crippen molar-refractivity contribution in [1.29, 1.82) is 0 Å². The topological polar surface area (TPSA) is 42.4 Å². The number of hydrogen-bond donors (Lipinski definition) is 0. The number of aryl methyl sites for hydroxylation is 1. The lowest BCUT2D eigenvalue weighted by molar-refractivity contribution is 0.0720. The van der Waals surface area contributed by atoms with Gasteiger partial charge < -0.3 is 9.64 Å². The summed E-state index contributed by atoms with van der Waals surface area (Å²) in [4.78, 5) is 19.5. The van der Waals surface area contributed by atoms with Gasteiger partial charge >= 0.3 is 0 Å². The van der Waals surface area contributed by atoms with Crippen LogP contribution in [0.1, 0.15) is 40.5 Å². The average Bonchev–Trinajstić information content (AvgIpc) is 3.14. The van der Waals surface area contributed by atoms with Crippen molar-refractivity contribution < 1.29 is 9.53 Å². The number of rotatable bonds is 8. The summed E-state index contributed by atoms with van der Waals surface area (Å²) in [6.45, 7) is 7.80. The number of aromatic nitrogens is 1. The first-order valence-electron chi connectivity index (χ1n) is 9.58. The van der Waals surface area contributed by atoms with Crippen LogP contribution in [-0.4, -0.2) is 22.3 Å². The van der Waals surface area contributed by atoms with Gasteiger partial charge in [-0.3, -0.25) is 4.79 Å². The van der Waals surface area contributed by atoms with Crippen molar-refractivity contribution in [3.63, 3.8) is 0 Å². The van der Waals surface area contributed by atoms with Crippen LogP contribution in [0.15, 0.2) is 53.9 Å².